The molecule has 2 aromatic rings. The molecule has 0 aliphatic carbocycles. The van der Waals surface area contributed by atoms with E-state index in [1.165, 1.54) is 0 Å². The van der Waals surface area contributed by atoms with Crippen molar-refractivity contribution in [2.45, 2.75) is 12.8 Å². The highest BCUT2D eigenvalue weighted by atomic mass is 16.7. The van der Waals surface area contributed by atoms with Gasteiger partial charge in [-0.25, -0.2) is 9.42 Å². The van der Waals surface area contributed by atoms with Gasteiger partial charge >= 0.3 is 11.7 Å². The molecule has 1 saturated heterocycles. The van der Waals surface area contributed by atoms with Crippen molar-refractivity contribution in [1.82, 2.24) is 15.4 Å². The molecule has 112 valence electrons. The molecule has 2 heterocycles. The Bertz CT molecular complexity index is 811. The fraction of sp³-hybridized carbons (Fsp3) is 0.182. The fourth-order valence-corrected chi connectivity index (χ4v) is 1.96. The number of rotatable bonds is 3. The van der Waals surface area contributed by atoms with Crippen LogP contribution in [0.25, 0.3) is 11.0 Å². The second kappa shape index (κ2) is 4.87. The average molecular weight is 306 g/mol. The molecule has 3 rings (SSSR count). The average Bonchev–Trinajstić information content (AvgIpc) is 3.07. The third kappa shape index (κ3) is 2.04. The zero-order valence-electron chi connectivity index (χ0n) is 10.7. The van der Waals surface area contributed by atoms with E-state index in [1.54, 1.807) is 0 Å². The molecule has 1 aliphatic heterocycles. The standard InChI is InChI=1S/C11H6N4O7/c16-7-3-4-8(17)14(7)21-11(18)5-1-2-6(15(19)20)10-9(5)12-22-13-10/h1-2H,3-4H2. The summed E-state index contributed by atoms with van der Waals surface area (Å²) >= 11 is 0. The summed E-state index contributed by atoms with van der Waals surface area (Å²) in [6.45, 7) is 0. The van der Waals surface area contributed by atoms with Crippen molar-refractivity contribution in [2.24, 2.45) is 0 Å². The number of aromatic nitrogens is 2. The summed E-state index contributed by atoms with van der Waals surface area (Å²) in [4.78, 5) is 49.7. The van der Waals surface area contributed by atoms with Gasteiger partial charge in [0.25, 0.3) is 11.8 Å². The van der Waals surface area contributed by atoms with Gasteiger partial charge in [0.1, 0.15) is 0 Å². The normalized spacial score (nSPS) is 14.6. The number of carbonyl (C=O) groups is 3. The Labute approximate surface area is 120 Å². The first-order valence-electron chi connectivity index (χ1n) is 5.97. The maximum Gasteiger partial charge on any atom is 0.366 e. The Balaban J connectivity index is 1.97. The van der Waals surface area contributed by atoms with Crippen LogP contribution in [0.3, 0.4) is 0 Å². The van der Waals surface area contributed by atoms with E-state index >= 15 is 0 Å². The van der Waals surface area contributed by atoms with Crippen LogP contribution < -0.4 is 0 Å². The molecular formula is C11H6N4O7. The van der Waals surface area contributed by atoms with Gasteiger partial charge in [-0.1, -0.05) is 0 Å². The van der Waals surface area contributed by atoms with E-state index in [2.05, 4.69) is 14.9 Å². The third-order valence-corrected chi connectivity index (χ3v) is 2.99. The maximum absolute atomic E-state index is 12.0. The van der Waals surface area contributed by atoms with Crippen molar-refractivity contribution >= 4 is 34.5 Å². The number of hydrogen-bond donors (Lipinski definition) is 0. The number of nitro groups is 1. The van der Waals surface area contributed by atoms with Crippen LogP contribution in [-0.2, 0) is 14.4 Å². The Morgan fingerprint density at radius 1 is 1.23 bits per heavy atom. The van der Waals surface area contributed by atoms with Gasteiger partial charge in [-0.15, -0.1) is 5.06 Å². The Hall–Kier alpha value is -3.37. The fourth-order valence-electron chi connectivity index (χ4n) is 1.96. The lowest BCUT2D eigenvalue weighted by molar-refractivity contribution is -0.383. The number of hydroxylamine groups is 2. The lowest BCUT2D eigenvalue weighted by Crippen LogP contribution is -2.32. The van der Waals surface area contributed by atoms with Crippen molar-refractivity contribution in [3.8, 4) is 0 Å². The summed E-state index contributed by atoms with van der Waals surface area (Å²) in [5, 5.41) is 18.0. The van der Waals surface area contributed by atoms with Crippen molar-refractivity contribution in [3.05, 3.63) is 27.8 Å². The van der Waals surface area contributed by atoms with Crippen LogP contribution in [0.15, 0.2) is 16.8 Å². The highest BCUT2D eigenvalue weighted by Gasteiger charge is 2.34. The quantitative estimate of drug-likeness (QED) is 0.445. The number of benzene rings is 1. The van der Waals surface area contributed by atoms with Gasteiger partial charge in [0.05, 0.1) is 10.5 Å². The van der Waals surface area contributed by atoms with E-state index < -0.39 is 28.4 Å². The first-order valence-corrected chi connectivity index (χ1v) is 5.97. The topological polar surface area (TPSA) is 146 Å². The summed E-state index contributed by atoms with van der Waals surface area (Å²) < 4.78 is 4.40. The molecule has 0 radical (unpaired) electrons. The van der Waals surface area contributed by atoms with E-state index in [-0.39, 0.29) is 29.4 Å². The number of hydrogen-bond acceptors (Lipinski definition) is 9. The Morgan fingerprint density at radius 2 is 1.86 bits per heavy atom. The number of imide groups is 1. The molecule has 0 unspecified atom stereocenters. The third-order valence-electron chi connectivity index (χ3n) is 2.99. The van der Waals surface area contributed by atoms with Gasteiger partial charge in [-0.2, -0.15) is 0 Å². The van der Waals surface area contributed by atoms with Gasteiger partial charge in [0.15, 0.2) is 5.52 Å². The minimum absolute atomic E-state index is 0.0483. The number of non-ortho nitro benzene ring substituents is 1. The van der Waals surface area contributed by atoms with E-state index in [4.69, 9.17) is 4.84 Å². The molecule has 0 saturated carbocycles. The van der Waals surface area contributed by atoms with Crippen molar-refractivity contribution in [1.29, 1.82) is 0 Å². The van der Waals surface area contributed by atoms with Gasteiger partial charge in [-0.05, 0) is 16.4 Å². The largest absolute Gasteiger partial charge is 0.366 e. The number of nitro benzene ring substituents is 1. The second-order valence-electron chi connectivity index (χ2n) is 4.31. The molecule has 1 aromatic heterocycles. The Morgan fingerprint density at radius 3 is 2.50 bits per heavy atom. The second-order valence-corrected chi connectivity index (χ2v) is 4.31. The van der Waals surface area contributed by atoms with Crippen LogP contribution in [0.5, 0.6) is 0 Å². The predicted octanol–water partition coefficient (Wildman–Crippen LogP) is 0.352. The van der Waals surface area contributed by atoms with E-state index in [0.29, 0.717) is 5.06 Å². The molecule has 11 heteroatoms. The van der Waals surface area contributed by atoms with E-state index in [0.717, 1.165) is 12.1 Å². The van der Waals surface area contributed by atoms with Gasteiger partial charge in [0.2, 0.25) is 5.52 Å². The molecule has 0 spiro atoms. The smallest absolute Gasteiger partial charge is 0.325 e. The number of nitrogens with zero attached hydrogens (tertiary/aromatic N) is 4. The van der Waals surface area contributed by atoms with Crippen LogP contribution in [-0.4, -0.2) is 38.1 Å². The SMILES string of the molecule is O=C(ON1C(=O)CCC1=O)c1ccc([N+](=O)[O-])c2nonc12. The summed E-state index contributed by atoms with van der Waals surface area (Å²) in [6.07, 6.45) is -0.0966. The summed E-state index contributed by atoms with van der Waals surface area (Å²) in [5.74, 6) is -2.36. The monoisotopic (exact) mass is 306 g/mol. The minimum atomic E-state index is -1.07. The van der Waals surface area contributed by atoms with Crippen LogP contribution in [0.2, 0.25) is 0 Å². The molecule has 11 nitrogen and oxygen atoms in total. The zero-order valence-corrected chi connectivity index (χ0v) is 10.7. The molecular weight excluding hydrogens is 300 g/mol. The van der Waals surface area contributed by atoms with Crippen molar-refractivity contribution < 1.29 is 28.8 Å². The summed E-state index contributed by atoms with van der Waals surface area (Å²) in [6, 6.07) is 2.11. The summed E-state index contributed by atoms with van der Waals surface area (Å²) in [7, 11) is 0. The highest BCUT2D eigenvalue weighted by molar-refractivity contribution is 6.06. The zero-order chi connectivity index (χ0) is 15.9. The highest BCUT2D eigenvalue weighted by Crippen LogP contribution is 2.26. The lowest BCUT2D eigenvalue weighted by atomic mass is 10.1. The molecule has 1 aliphatic rings. The molecule has 1 fully saturated rings. The first kappa shape index (κ1) is 13.6. The summed E-state index contributed by atoms with van der Waals surface area (Å²) in [5.41, 5.74) is -1.05. The number of fused-ring (bicyclic) bond motifs is 1. The number of carbonyl (C=O) groups excluding carboxylic acids is 3. The Kier molecular flexibility index (Phi) is 3.01. The van der Waals surface area contributed by atoms with Crippen molar-refractivity contribution in [2.75, 3.05) is 0 Å². The molecule has 0 bridgehead atoms. The molecule has 2 amide bonds. The number of amides is 2. The molecule has 1 aromatic carbocycles. The van der Waals surface area contributed by atoms with Gasteiger partial charge in [-0.3, -0.25) is 19.7 Å². The van der Waals surface area contributed by atoms with Crippen LogP contribution in [0, 0.1) is 10.1 Å². The maximum atomic E-state index is 12.0. The lowest BCUT2D eigenvalue weighted by Gasteiger charge is -2.12. The van der Waals surface area contributed by atoms with Crippen LogP contribution >= 0.6 is 0 Å². The van der Waals surface area contributed by atoms with E-state index in [9.17, 15) is 24.5 Å². The van der Waals surface area contributed by atoms with Crippen LogP contribution in [0.1, 0.15) is 23.2 Å². The van der Waals surface area contributed by atoms with Crippen molar-refractivity contribution in [3.63, 3.8) is 0 Å². The first-order chi connectivity index (χ1) is 10.5. The predicted molar refractivity (Wildman–Crippen MR) is 65.0 cm³/mol. The van der Waals surface area contributed by atoms with E-state index in [1.807, 2.05) is 0 Å². The van der Waals surface area contributed by atoms with Gasteiger partial charge < -0.3 is 4.84 Å². The van der Waals surface area contributed by atoms with Crippen LogP contribution in [0.4, 0.5) is 5.69 Å². The minimum Gasteiger partial charge on any atom is -0.325 e. The van der Waals surface area contributed by atoms with Gasteiger partial charge in [0, 0.05) is 18.9 Å². The molecule has 22 heavy (non-hydrogen) atoms. The molecule has 0 N–H and O–H groups in total. The molecule has 0 atom stereocenters.